The Morgan fingerprint density at radius 3 is 3.08 bits per heavy atom. The van der Waals surface area contributed by atoms with Gasteiger partial charge in [0.2, 0.25) is 0 Å². The van der Waals surface area contributed by atoms with Gasteiger partial charge >= 0.3 is 0 Å². The normalized spacial score (nSPS) is 10.8. The molecule has 1 aromatic carbocycles. The molecule has 0 spiro atoms. The summed E-state index contributed by atoms with van der Waals surface area (Å²) in [5, 5.41) is 1.67. The molecule has 4 heteroatoms. The van der Waals surface area contributed by atoms with Crippen LogP contribution in [-0.2, 0) is 6.54 Å². The van der Waals surface area contributed by atoms with Crippen LogP contribution in [0.25, 0.3) is 10.2 Å². The van der Waals surface area contributed by atoms with Gasteiger partial charge in [0.05, 0.1) is 10.2 Å². The summed E-state index contributed by atoms with van der Waals surface area (Å²) in [6.45, 7) is 0.497. The van der Waals surface area contributed by atoms with Crippen molar-refractivity contribution < 1.29 is 0 Å². The van der Waals surface area contributed by atoms with Crippen LogP contribution in [0.1, 0.15) is 5.01 Å². The van der Waals surface area contributed by atoms with Gasteiger partial charge in [0.25, 0.3) is 0 Å². The molecule has 0 bridgehead atoms. The first kappa shape index (κ1) is 7.98. The highest BCUT2D eigenvalue weighted by atomic mass is 35.5. The van der Waals surface area contributed by atoms with Gasteiger partial charge in [0.1, 0.15) is 5.01 Å². The predicted molar refractivity (Wildman–Crippen MR) is 52.5 cm³/mol. The molecule has 1 heterocycles. The summed E-state index contributed by atoms with van der Waals surface area (Å²) in [5.74, 6) is 0. The summed E-state index contributed by atoms with van der Waals surface area (Å²) >= 11 is 7.42. The highest BCUT2D eigenvalue weighted by Gasteiger charge is 2.01. The lowest BCUT2D eigenvalue weighted by Gasteiger charge is -1.86. The number of benzene rings is 1. The van der Waals surface area contributed by atoms with Crippen molar-refractivity contribution in [2.24, 2.45) is 5.73 Å². The Bertz CT molecular complexity index is 410. The molecule has 0 radical (unpaired) electrons. The van der Waals surface area contributed by atoms with Gasteiger partial charge < -0.3 is 5.73 Å². The van der Waals surface area contributed by atoms with Crippen LogP contribution < -0.4 is 5.73 Å². The Hall–Kier alpha value is -0.640. The number of fused-ring (bicyclic) bond motifs is 1. The first-order valence-electron chi connectivity index (χ1n) is 3.54. The Balaban J connectivity index is 2.67. The van der Waals surface area contributed by atoms with E-state index >= 15 is 0 Å². The maximum absolute atomic E-state index is 5.80. The lowest BCUT2D eigenvalue weighted by molar-refractivity contribution is 1.05. The van der Waals surface area contributed by atoms with Crippen molar-refractivity contribution in [3.05, 3.63) is 28.2 Å². The van der Waals surface area contributed by atoms with E-state index in [9.17, 15) is 0 Å². The molecule has 1 aromatic heterocycles. The fourth-order valence-electron chi connectivity index (χ4n) is 1.04. The highest BCUT2D eigenvalue weighted by molar-refractivity contribution is 7.18. The number of rotatable bonds is 1. The monoisotopic (exact) mass is 198 g/mol. The second-order valence-corrected chi connectivity index (χ2v) is 3.98. The van der Waals surface area contributed by atoms with E-state index in [1.54, 1.807) is 11.3 Å². The highest BCUT2D eigenvalue weighted by Crippen LogP contribution is 2.24. The van der Waals surface area contributed by atoms with Gasteiger partial charge in [0.15, 0.2) is 0 Å². The van der Waals surface area contributed by atoms with Gasteiger partial charge in [-0.25, -0.2) is 4.98 Å². The minimum atomic E-state index is 0.497. The van der Waals surface area contributed by atoms with E-state index in [0.29, 0.717) is 6.54 Å². The fraction of sp³-hybridized carbons (Fsp3) is 0.125. The summed E-state index contributed by atoms with van der Waals surface area (Å²) in [4.78, 5) is 4.30. The zero-order chi connectivity index (χ0) is 8.55. The third-order valence-corrected chi connectivity index (χ3v) is 2.86. The summed E-state index contributed by atoms with van der Waals surface area (Å²) in [5.41, 5.74) is 6.40. The first-order valence-corrected chi connectivity index (χ1v) is 4.74. The van der Waals surface area contributed by atoms with Gasteiger partial charge in [-0.15, -0.1) is 11.3 Å². The molecule has 0 amide bonds. The minimum absolute atomic E-state index is 0.497. The Morgan fingerprint density at radius 2 is 2.33 bits per heavy atom. The molecular formula is C8H7ClN2S. The largest absolute Gasteiger partial charge is 0.325 e. The molecule has 0 saturated carbocycles. The van der Waals surface area contributed by atoms with Gasteiger partial charge in [-0.05, 0) is 18.2 Å². The second-order valence-electron chi connectivity index (χ2n) is 2.42. The van der Waals surface area contributed by atoms with Gasteiger partial charge in [-0.3, -0.25) is 0 Å². The SMILES string of the molecule is NCc1nc2cc(Cl)ccc2s1. The molecule has 0 unspecified atom stereocenters. The maximum Gasteiger partial charge on any atom is 0.107 e. The smallest absolute Gasteiger partial charge is 0.107 e. The van der Waals surface area contributed by atoms with Crippen LogP contribution in [-0.4, -0.2) is 4.98 Å². The number of thiazole rings is 1. The van der Waals surface area contributed by atoms with Crippen LogP contribution in [0, 0.1) is 0 Å². The van der Waals surface area contributed by atoms with Gasteiger partial charge in [-0.1, -0.05) is 11.6 Å². The Labute approximate surface area is 79.0 Å². The maximum atomic E-state index is 5.80. The molecule has 12 heavy (non-hydrogen) atoms. The minimum Gasteiger partial charge on any atom is -0.325 e. The zero-order valence-electron chi connectivity index (χ0n) is 6.25. The summed E-state index contributed by atoms with van der Waals surface area (Å²) < 4.78 is 1.14. The number of nitrogens with two attached hydrogens (primary N) is 1. The molecule has 0 fully saturated rings. The van der Waals surface area contributed by atoms with E-state index in [-0.39, 0.29) is 0 Å². The van der Waals surface area contributed by atoms with Crippen LogP contribution in [0.15, 0.2) is 18.2 Å². The molecule has 2 rings (SSSR count). The molecular weight excluding hydrogens is 192 g/mol. The molecule has 2 nitrogen and oxygen atoms in total. The molecule has 0 aliphatic rings. The van der Waals surface area contributed by atoms with Crippen LogP contribution in [0.5, 0.6) is 0 Å². The van der Waals surface area contributed by atoms with Gasteiger partial charge in [-0.2, -0.15) is 0 Å². The van der Waals surface area contributed by atoms with Crippen LogP contribution in [0.3, 0.4) is 0 Å². The summed E-state index contributed by atoms with van der Waals surface area (Å²) in [6, 6.07) is 5.68. The fourth-order valence-corrected chi connectivity index (χ4v) is 2.03. The molecule has 0 atom stereocenters. The van der Waals surface area contributed by atoms with Crippen molar-refractivity contribution in [1.82, 2.24) is 4.98 Å². The topological polar surface area (TPSA) is 38.9 Å². The third-order valence-electron chi connectivity index (χ3n) is 1.57. The van der Waals surface area contributed by atoms with Crippen LogP contribution >= 0.6 is 22.9 Å². The molecule has 0 aliphatic carbocycles. The van der Waals surface area contributed by atoms with Crippen molar-refractivity contribution in [3.63, 3.8) is 0 Å². The number of hydrogen-bond acceptors (Lipinski definition) is 3. The quantitative estimate of drug-likeness (QED) is 0.765. The molecule has 0 aliphatic heterocycles. The number of aromatic nitrogens is 1. The van der Waals surface area contributed by atoms with E-state index in [0.717, 1.165) is 20.2 Å². The average molecular weight is 199 g/mol. The van der Waals surface area contributed by atoms with Crippen molar-refractivity contribution in [2.45, 2.75) is 6.54 Å². The number of hydrogen-bond donors (Lipinski definition) is 1. The van der Waals surface area contributed by atoms with Crippen molar-refractivity contribution >= 4 is 33.2 Å². The van der Waals surface area contributed by atoms with Crippen LogP contribution in [0.2, 0.25) is 5.02 Å². The van der Waals surface area contributed by atoms with Crippen molar-refractivity contribution in [1.29, 1.82) is 0 Å². The van der Waals surface area contributed by atoms with E-state index in [2.05, 4.69) is 4.98 Å². The average Bonchev–Trinajstić information content (AvgIpc) is 2.46. The van der Waals surface area contributed by atoms with Crippen molar-refractivity contribution in [2.75, 3.05) is 0 Å². The van der Waals surface area contributed by atoms with E-state index in [1.165, 1.54) is 0 Å². The van der Waals surface area contributed by atoms with E-state index in [4.69, 9.17) is 17.3 Å². The molecule has 62 valence electrons. The lowest BCUT2D eigenvalue weighted by atomic mass is 10.3. The van der Waals surface area contributed by atoms with E-state index in [1.807, 2.05) is 18.2 Å². The number of halogens is 1. The third kappa shape index (κ3) is 1.31. The lowest BCUT2D eigenvalue weighted by Crippen LogP contribution is -1.93. The Kier molecular flexibility index (Phi) is 2.00. The summed E-state index contributed by atoms with van der Waals surface area (Å²) in [6.07, 6.45) is 0. The molecule has 2 N–H and O–H groups in total. The molecule has 2 aromatic rings. The predicted octanol–water partition coefficient (Wildman–Crippen LogP) is 2.41. The van der Waals surface area contributed by atoms with Crippen molar-refractivity contribution in [3.8, 4) is 0 Å². The Morgan fingerprint density at radius 1 is 1.50 bits per heavy atom. The first-order chi connectivity index (χ1) is 5.79. The zero-order valence-corrected chi connectivity index (χ0v) is 7.82. The van der Waals surface area contributed by atoms with E-state index < -0.39 is 0 Å². The summed E-state index contributed by atoms with van der Waals surface area (Å²) in [7, 11) is 0. The van der Waals surface area contributed by atoms with Gasteiger partial charge in [0, 0.05) is 11.6 Å². The number of nitrogens with zero attached hydrogens (tertiary/aromatic N) is 1. The standard InChI is InChI=1S/C8H7ClN2S/c9-5-1-2-7-6(3-5)11-8(4-10)12-7/h1-3H,4,10H2. The molecule has 0 saturated heterocycles. The van der Waals surface area contributed by atoms with Crippen LogP contribution in [0.4, 0.5) is 0 Å². The second kappa shape index (κ2) is 3.01.